The van der Waals surface area contributed by atoms with E-state index >= 15 is 4.79 Å². The molecule has 0 aromatic carbocycles. The molecule has 0 radical (unpaired) electrons. The van der Waals surface area contributed by atoms with Crippen LogP contribution < -0.4 is 0 Å². The second kappa shape index (κ2) is 10.9. The van der Waals surface area contributed by atoms with Gasteiger partial charge in [-0.2, -0.15) is 0 Å². The molecule has 2 saturated heterocycles. The van der Waals surface area contributed by atoms with Crippen molar-refractivity contribution in [2.24, 2.45) is 28.1 Å². The summed E-state index contributed by atoms with van der Waals surface area (Å²) < 4.78 is 6.53. The van der Waals surface area contributed by atoms with Crippen molar-refractivity contribution in [1.29, 1.82) is 0 Å². The van der Waals surface area contributed by atoms with Gasteiger partial charge in [0.15, 0.2) is 28.4 Å². The van der Waals surface area contributed by atoms with Crippen LogP contribution in [-0.4, -0.2) is 33.8 Å². The van der Waals surface area contributed by atoms with Crippen LogP contribution in [0.1, 0.15) is 115 Å². The molecule has 222 valence electrons. The molecule has 2 heterocycles. The molecular weight excluding hydrogens is 500 g/mol. The molecule has 40 heavy (non-hydrogen) atoms. The van der Waals surface area contributed by atoms with Crippen LogP contribution in [0.4, 0.5) is 0 Å². The van der Waals surface area contributed by atoms with Crippen LogP contribution in [0.5, 0.6) is 0 Å². The average molecular weight is 553 g/mol. The molecule has 0 amide bonds. The van der Waals surface area contributed by atoms with Crippen molar-refractivity contribution in [3.05, 3.63) is 46.6 Å². The molecular formula is C35H52O5. The lowest BCUT2D eigenvalue weighted by Crippen LogP contribution is -2.78. The van der Waals surface area contributed by atoms with Crippen LogP contribution in [-0.2, 0) is 19.1 Å². The Kier molecular flexibility index (Phi) is 8.87. The van der Waals surface area contributed by atoms with Crippen LogP contribution >= 0.6 is 0 Å². The van der Waals surface area contributed by atoms with Gasteiger partial charge in [0.1, 0.15) is 0 Å². The van der Waals surface area contributed by atoms with E-state index in [-0.39, 0.29) is 30.3 Å². The van der Waals surface area contributed by atoms with Gasteiger partial charge in [-0.3, -0.25) is 14.4 Å². The van der Waals surface area contributed by atoms with Crippen molar-refractivity contribution in [3.8, 4) is 0 Å². The molecule has 1 saturated carbocycles. The van der Waals surface area contributed by atoms with Gasteiger partial charge in [-0.05, 0) is 98.8 Å². The third kappa shape index (κ3) is 4.38. The lowest BCUT2D eigenvalue weighted by molar-refractivity contribution is -0.317. The van der Waals surface area contributed by atoms with Crippen molar-refractivity contribution < 1.29 is 24.2 Å². The van der Waals surface area contributed by atoms with E-state index in [2.05, 4.69) is 12.2 Å². The Morgan fingerprint density at radius 3 is 1.90 bits per heavy atom. The molecule has 2 aliphatic heterocycles. The number of rotatable bonds is 11. The topological polar surface area (TPSA) is 80.7 Å². The molecule has 1 N–H and O–H groups in total. The Bertz CT molecular complexity index is 1180. The number of Topliss-reactive ketones (excluding diaryl/α,β-unsaturated/α-hetero) is 3. The molecule has 0 aromatic rings. The van der Waals surface area contributed by atoms with E-state index in [1.165, 1.54) is 0 Å². The molecule has 0 aromatic heterocycles. The first-order valence-electron chi connectivity index (χ1n) is 15.0. The summed E-state index contributed by atoms with van der Waals surface area (Å²) in [6.45, 7) is 21.5. The second-order valence-electron chi connectivity index (χ2n) is 14.2. The van der Waals surface area contributed by atoms with Crippen molar-refractivity contribution in [3.63, 3.8) is 0 Å². The summed E-state index contributed by atoms with van der Waals surface area (Å²) in [5, 5.41) is 13.0. The first-order valence-corrected chi connectivity index (χ1v) is 15.0. The number of carbonyl (C=O) groups excluding carboxylic acids is 3. The molecule has 3 aliphatic rings. The molecule has 6 atom stereocenters. The SMILES string of the molecule is CC(C)=CCC[C@]1(C)[C@@H](CC=C(C)C)C[C@@]2(CC=C(C)C)C(=O)[C@@]3(CC=C(C)C)O[C@@]2(O)[C@@]1(C(=O)C(C)C)C3=O. The summed E-state index contributed by atoms with van der Waals surface area (Å²) in [6, 6.07) is 0. The van der Waals surface area contributed by atoms with Gasteiger partial charge in [0, 0.05) is 12.3 Å². The second-order valence-corrected chi connectivity index (χ2v) is 14.2. The van der Waals surface area contributed by atoms with Crippen LogP contribution in [0.3, 0.4) is 0 Å². The average Bonchev–Trinajstić information content (AvgIpc) is 3.17. The Morgan fingerprint density at radius 1 is 0.875 bits per heavy atom. The van der Waals surface area contributed by atoms with Gasteiger partial charge in [0.05, 0.1) is 5.41 Å². The van der Waals surface area contributed by atoms with Gasteiger partial charge >= 0.3 is 0 Å². The van der Waals surface area contributed by atoms with Gasteiger partial charge in [-0.25, -0.2) is 0 Å². The van der Waals surface area contributed by atoms with Gasteiger partial charge in [0.25, 0.3) is 0 Å². The highest BCUT2D eigenvalue weighted by Crippen LogP contribution is 2.78. The maximum Gasteiger partial charge on any atom is 0.201 e. The van der Waals surface area contributed by atoms with Crippen molar-refractivity contribution in [2.45, 2.75) is 126 Å². The number of carbonyl (C=O) groups is 3. The van der Waals surface area contributed by atoms with Crippen molar-refractivity contribution in [2.75, 3.05) is 0 Å². The summed E-state index contributed by atoms with van der Waals surface area (Å²) in [6.07, 6.45) is 10.5. The van der Waals surface area contributed by atoms with E-state index in [1.54, 1.807) is 13.8 Å². The highest BCUT2D eigenvalue weighted by Gasteiger charge is 2.94. The van der Waals surface area contributed by atoms with Crippen LogP contribution in [0, 0.1) is 28.1 Å². The molecule has 3 fully saturated rings. The normalized spacial score (nSPS) is 36.0. The largest absolute Gasteiger partial charge is 0.363 e. The lowest BCUT2D eigenvalue weighted by atomic mass is 9.35. The maximum atomic E-state index is 15.1. The zero-order valence-corrected chi connectivity index (χ0v) is 26.8. The quantitative estimate of drug-likeness (QED) is 0.210. The minimum absolute atomic E-state index is 0.0295. The van der Waals surface area contributed by atoms with E-state index in [0.717, 1.165) is 22.3 Å². The van der Waals surface area contributed by atoms with Gasteiger partial charge < -0.3 is 9.84 Å². The smallest absolute Gasteiger partial charge is 0.201 e. The standard InChI is InChI=1S/C35H52O5/c1-22(2)13-12-18-31(11)27(15-14-23(3)4)21-32(19-16-24(5)6)29(37)33(20-17-25(7)8)30(38)34(31,28(36)26(9)10)35(32,39)40-33/h13-14,16-17,26-27,39H,12,15,18-21H2,1-11H3/t27-,31+,32-,33+,34-,35+/m0/s1. The van der Waals surface area contributed by atoms with Crippen molar-refractivity contribution in [1.82, 2.24) is 0 Å². The fourth-order valence-corrected chi connectivity index (χ4v) is 7.84. The number of ether oxygens (including phenoxy) is 1. The molecule has 5 heteroatoms. The minimum Gasteiger partial charge on any atom is -0.363 e. The molecule has 1 aliphatic carbocycles. The number of allylic oxidation sites excluding steroid dienone is 7. The molecule has 2 bridgehead atoms. The predicted molar refractivity (Wildman–Crippen MR) is 161 cm³/mol. The summed E-state index contributed by atoms with van der Waals surface area (Å²) >= 11 is 0. The van der Waals surface area contributed by atoms with Crippen LogP contribution in [0.2, 0.25) is 0 Å². The van der Waals surface area contributed by atoms with E-state index in [0.29, 0.717) is 25.7 Å². The summed E-state index contributed by atoms with van der Waals surface area (Å²) in [5.41, 5.74) is -1.80. The van der Waals surface area contributed by atoms with Gasteiger partial charge in [0.2, 0.25) is 5.79 Å². The summed E-state index contributed by atoms with van der Waals surface area (Å²) in [5.74, 6) is -4.13. The highest BCUT2D eigenvalue weighted by atomic mass is 16.7. The monoisotopic (exact) mass is 552 g/mol. The number of hydrogen-bond acceptors (Lipinski definition) is 5. The first kappa shape index (κ1) is 32.4. The van der Waals surface area contributed by atoms with E-state index in [1.807, 2.05) is 74.5 Å². The number of ketones is 3. The third-order valence-electron chi connectivity index (χ3n) is 9.92. The molecule has 0 unspecified atom stereocenters. The first-order chi connectivity index (χ1) is 18.4. The van der Waals surface area contributed by atoms with Crippen LogP contribution in [0.15, 0.2) is 46.6 Å². The highest BCUT2D eigenvalue weighted by molar-refractivity contribution is 6.28. The lowest BCUT2D eigenvalue weighted by Gasteiger charge is -2.64. The number of fused-ring (bicyclic) bond motifs is 1. The Labute approximate surface area is 242 Å². The minimum atomic E-state index is -2.22. The predicted octanol–water partition coefficient (Wildman–Crippen LogP) is 7.64. The Morgan fingerprint density at radius 2 is 1.40 bits per heavy atom. The zero-order valence-electron chi connectivity index (χ0n) is 26.8. The van der Waals surface area contributed by atoms with Crippen LogP contribution in [0.25, 0.3) is 0 Å². The number of aliphatic hydroxyl groups is 1. The van der Waals surface area contributed by atoms with E-state index < -0.39 is 39.3 Å². The fourth-order valence-electron chi connectivity index (χ4n) is 7.84. The van der Waals surface area contributed by atoms with E-state index in [4.69, 9.17) is 4.74 Å². The van der Waals surface area contributed by atoms with Crippen molar-refractivity contribution >= 4 is 17.3 Å². The molecule has 3 rings (SSSR count). The van der Waals surface area contributed by atoms with Gasteiger partial charge in [-0.1, -0.05) is 67.4 Å². The number of hydrogen-bond donors (Lipinski definition) is 1. The third-order valence-corrected chi connectivity index (χ3v) is 9.92. The Balaban J connectivity index is 2.48. The van der Waals surface area contributed by atoms with E-state index in [9.17, 15) is 14.7 Å². The fraction of sp³-hybridized carbons (Fsp3) is 0.686. The molecule has 0 spiro atoms. The summed E-state index contributed by atoms with van der Waals surface area (Å²) in [4.78, 5) is 44.5. The molecule has 5 nitrogen and oxygen atoms in total. The van der Waals surface area contributed by atoms with Gasteiger partial charge in [-0.15, -0.1) is 0 Å². The summed E-state index contributed by atoms with van der Waals surface area (Å²) in [7, 11) is 0. The zero-order chi connectivity index (χ0) is 30.5. The maximum absolute atomic E-state index is 15.1. The Hall–Kier alpha value is -2.11.